The quantitative estimate of drug-likeness (QED) is 0.646. The Kier molecular flexibility index (Phi) is 5.73. The fraction of sp³-hybridized carbons (Fsp3) is 0.235. The van der Waals surface area contributed by atoms with Crippen molar-refractivity contribution < 1.29 is 23.5 Å². The summed E-state index contributed by atoms with van der Waals surface area (Å²) in [6.07, 6.45) is 1.34. The van der Waals surface area contributed by atoms with Crippen molar-refractivity contribution in [2.45, 2.75) is 19.8 Å². The third-order valence-corrected chi connectivity index (χ3v) is 3.21. The van der Waals surface area contributed by atoms with E-state index in [-0.39, 0.29) is 5.76 Å². The van der Waals surface area contributed by atoms with E-state index in [1.165, 1.54) is 12.3 Å². The van der Waals surface area contributed by atoms with Crippen molar-refractivity contribution in [3.8, 4) is 0 Å². The largest absolute Gasteiger partial charge is 0.459 e. The van der Waals surface area contributed by atoms with Crippen LogP contribution >= 0.6 is 0 Å². The molecule has 7 nitrogen and oxygen atoms in total. The molecule has 0 bridgehead atoms. The average Bonchev–Trinajstić information content (AvgIpc) is 3.12. The maximum Gasteiger partial charge on any atom is 0.338 e. The van der Waals surface area contributed by atoms with Crippen LogP contribution in [0.4, 0.5) is 0 Å². The normalized spacial score (nSPS) is 10.3. The minimum Gasteiger partial charge on any atom is -0.459 e. The van der Waals surface area contributed by atoms with Gasteiger partial charge in [0.1, 0.15) is 0 Å². The number of amides is 2. The molecular weight excluding hydrogens is 312 g/mol. The minimum atomic E-state index is -0.665. The maximum atomic E-state index is 11.9. The maximum absolute atomic E-state index is 11.9. The third kappa shape index (κ3) is 4.70. The highest BCUT2D eigenvalue weighted by Crippen LogP contribution is 2.15. The molecule has 0 aliphatic carbocycles. The summed E-state index contributed by atoms with van der Waals surface area (Å²) < 4.78 is 9.75. The van der Waals surface area contributed by atoms with Gasteiger partial charge in [0.15, 0.2) is 12.4 Å². The lowest BCUT2D eigenvalue weighted by Crippen LogP contribution is -2.43. The van der Waals surface area contributed by atoms with E-state index in [0.717, 1.165) is 5.56 Å². The van der Waals surface area contributed by atoms with E-state index in [0.29, 0.717) is 11.5 Å². The Morgan fingerprint density at radius 1 is 1.08 bits per heavy atom. The fourth-order valence-electron chi connectivity index (χ4n) is 1.85. The second-order valence-electron chi connectivity index (χ2n) is 5.33. The van der Waals surface area contributed by atoms with Crippen LogP contribution in [0.1, 0.15) is 46.2 Å². The molecule has 7 heteroatoms. The van der Waals surface area contributed by atoms with Gasteiger partial charge in [-0.15, -0.1) is 0 Å². The molecule has 2 aromatic rings. The molecule has 126 valence electrons. The van der Waals surface area contributed by atoms with Crippen LogP contribution in [0.15, 0.2) is 47.1 Å². The van der Waals surface area contributed by atoms with E-state index in [1.807, 2.05) is 12.1 Å². The highest BCUT2D eigenvalue weighted by molar-refractivity contribution is 5.94. The second kappa shape index (κ2) is 7.96. The summed E-state index contributed by atoms with van der Waals surface area (Å²) in [4.78, 5) is 34.9. The van der Waals surface area contributed by atoms with Gasteiger partial charge in [0, 0.05) is 0 Å². The first kappa shape index (κ1) is 17.3. The van der Waals surface area contributed by atoms with E-state index in [4.69, 9.17) is 9.15 Å². The summed E-state index contributed by atoms with van der Waals surface area (Å²) in [6, 6.07) is 9.96. The lowest BCUT2D eigenvalue weighted by Gasteiger charge is -2.08. The number of hydrogen-bond acceptors (Lipinski definition) is 5. The molecule has 1 aromatic heterocycles. The van der Waals surface area contributed by atoms with Crippen LogP contribution in [0, 0.1) is 0 Å². The van der Waals surface area contributed by atoms with E-state index in [2.05, 4.69) is 24.7 Å². The zero-order valence-corrected chi connectivity index (χ0v) is 13.4. The van der Waals surface area contributed by atoms with Crippen LogP contribution in [0.3, 0.4) is 0 Å². The van der Waals surface area contributed by atoms with Crippen LogP contribution in [-0.4, -0.2) is 24.4 Å². The van der Waals surface area contributed by atoms with Gasteiger partial charge in [0.05, 0.1) is 11.8 Å². The average molecular weight is 330 g/mol. The molecule has 0 spiro atoms. The smallest absolute Gasteiger partial charge is 0.338 e. The molecule has 0 aliphatic heterocycles. The topological polar surface area (TPSA) is 97.6 Å². The van der Waals surface area contributed by atoms with Gasteiger partial charge >= 0.3 is 11.9 Å². The monoisotopic (exact) mass is 330 g/mol. The summed E-state index contributed by atoms with van der Waals surface area (Å²) in [6.45, 7) is 3.59. The number of hydrazine groups is 1. The highest BCUT2D eigenvalue weighted by Gasteiger charge is 2.13. The summed E-state index contributed by atoms with van der Waals surface area (Å²) in [5.41, 5.74) is 5.73. The highest BCUT2D eigenvalue weighted by atomic mass is 16.5. The number of hydrogen-bond donors (Lipinski definition) is 2. The Morgan fingerprint density at radius 3 is 2.38 bits per heavy atom. The van der Waals surface area contributed by atoms with Gasteiger partial charge in [0.25, 0.3) is 5.91 Å². The van der Waals surface area contributed by atoms with E-state index < -0.39 is 24.4 Å². The van der Waals surface area contributed by atoms with Gasteiger partial charge in [-0.25, -0.2) is 4.79 Å². The number of benzene rings is 1. The molecule has 24 heavy (non-hydrogen) atoms. The Labute approximate surface area is 139 Å². The molecule has 2 N–H and O–H groups in total. The summed E-state index contributed by atoms with van der Waals surface area (Å²) in [5.74, 6) is -1.47. The van der Waals surface area contributed by atoms with Crippen LogP contribution in [-0.2, 0) is 9.53 Å². The molecular formula is C17H18N2O5. The Balaban J connectivity index is 1.76. The van der Waals surface area contributed by atoms with E-state index in [1.54, 1.807) is 18.2 Å². The number of ether oxygens (including phenoxy) is 1. The van der Waals surface area contributed by atoms with Gasteiger partial charge in [0.2, 0.25) is 0 Å². The molecule has 0 saturated heterocycles. The van der Waals surface area contributed by atoms with E-state index >= 15 is 0 Å². The van der Waals surface area contributed by atoms with Gasteiger partial charge in [-0.1, -0.05) is 26.0 Å². The minimum absolute atomic E-state index is 0.0533. The molecule has 1 aromatic carbocycles. The van der Waals surface area contributed by atoms with Crippen LogP contribution in [0.5, 0.6) is 0 Å². The summed E-state index contributed by atoms with van der Waals surface area (Å²) in [5, 5.41) is 0. The SMILES string of the molecule is CC(C)c1ccc(C(=O)OCC(=O)NNC(=O)c2ccco2)cc1. The predicted molar refractivity (Wildman–Crippen MR) is 85.1 cm³/mol. The Hall–Kier alpha value is -3.09. The van der Waals surface area contributed by atoms with Gasteiger partial charge in [-0.05, 0) is 35.7 Å². The van der Waals surface area contributed by atoms with Crippen molar-refractivity contribution in [3.63, 3.8) is 0 Å². The van der Waals surface area contributed by atoms with Crippen LogP contribution in [0.2, 0.25) is 0 Å². The predicted octanol–water partition coefficient (Wildman–Crippen LogP) is 2.02. The van der Waals surface area contributed by atoms with Gasteiger partial charge in [-0.2, -0.15) is 0 Å². The molecule has 0 fully saturated rings. The number of esters is 1. The second-order valence-corrected chi connectivity index (χ2v) is 5.33. The van der Waals surface area contributed by atoms with Crippen molar-refractivity contribution in [2.24, 2.45) is 0 Å². The van der Waals surface area contributed by atoms with Crippen molar-refractivity contribution in [1.82, 2.24) is 10.9 Å². The number of rotatable bonds is 5. The number of nitrogens with one attached hydrogen (secondary N) is 2. The first-order chi connectivity index (χ1) is 11.5. The van der Waals surface area contributed by atoms with E-state index in [9.17, 15) is 14.4 Å². The number of carbonyl (C=O) groups excluding carboxylic acids is 3. The Bertz CT molecular complexity index is 705. The molecule has 0 saturated carbocycles. The first-order valence-electron chi connectivity index (χ1n) is 7.37. The molecule has 1 heterocycles. The third-order valence-electron chi connectivity index (χ3n) is 3.21. The summed E-state index contributed by atoms with van der Waals surface area (Å²) >= 11 is 0. The van der Waals surface area contributed by atoms with Crippen molar-refractivity contribution in [3.05, 3.63) is 59.5 Å². The number of furan rings is 1. The molecule has 0 aliphatic rings. The lowest BCUT2D eigenvalue weighted by atomic mass is 10.0. The summed E-state index contributed by atoms with van der Waals surface area (Å²) in [7, 11) is 0. The zero-order chi connectivity index (χ0) is 17.5. The van der Waals surface area contributed by atoms with Crippen molar-refractivity contribution >= 4 is 17.8 Å². The van der Waals surface area contributed by atoms with Crippen molar-refractivity contribution in [1.29, 1.82) is 0 Å². The standard InChI is InChI=1S/C17H18N2O5/c1-11(2)12-5-7-13(8-6-12)17(22)24-10-15(20)18-19-16(21)14-4-3-9-23-14/h3-9,11H,10H2,1-2H3,(H,18,20)(H,19,21). The lowest BCUT2D eigenvalue weighted by molar-refractivity contribution is -0.125. The van der Waals surface area contributed by atoms with Gasteiger partial charge in [-0.3, -0.25) is 20.4 Å². The Morgan fingerprint density at radius 2 is 1.79 bits per heavy atom. The molecule has 0 atom stereocenters. The van der Waals surface area contributed by atoms with Crippen LogP contribution < -0.4 is 10.9 Å². The zero-order valence-electron chi connectivity index (χ0n) is 13.4. The number of carbonyl (C=O) groups is 3. The van der Waals surface area contributed by atoms with Crippen molar-refractivity contribution in [2.75, 3.05) is 6.61 Å². The first-order valence-corrected chi connectivity index (χ1v) is 7.37. The molecule has 0 unspecified atom stereocenters. The fourth-order valence-corrected chi connectivity index (χ4v) is 1.85. The molecule has 2 amide bonds. The van der Waals surface area contributed by atoms with Crippen LogP contribution in [0.25, 0.3) is 0 Å². The molecule has 0 radical (unpaired) electrons. The molecule has 2 rings (SSSR count). The van der Waals surface area contributed by atoms with Gasteiger partial charge < -0.3 is 9.15 Å².